The number of hydrogen-bond acceptors (Lipinski definition) is 5. The fourth-order valence-corrected chi connectivity index (χ4v) is 4.82. The number of nitrogens with one attached hydrogen (secondary N) is 1. The van der Waals surface area contributed by atoms with Crippen molar-refractivity contribution in [1.29, 1.82) is 0 Å². The quantitative estimate of drug-likeness (QED) is 0.905. The number of carbonyl (C=O) groups excluding carboxylic acids is 1. The number of carbonyl (C=O) groups is 1. The molecule has 0 spiro atoms. The Labute approximate surface area is 128 Å². The van der Waals surface area contributed by atoms with E-state index < -0.39 is 0 Å². The molecule has 1 aromatic heterocycles. The number of likely N-dealkylation sites (N-methyl/N-ethyl adjacent to an activating group) is 1. The van der Waals surface area contributed by atoms with Crippen molar-refractivity contribution < 1.29 is 9.53 Å². The zero-order valence-corrected chi connectivity index (χ0v) is 14.1. The maximum absolute atomic E-state index is 12.4. The third-order valence-electron chi connectivity index (χ3n) is 3.86. The third kappa shape index (κ3) is 3.13. The summed E-state index contributed by atoms with van der Waals surface area (Å²) in [7, 11) is 5.79. The van der Waals surface area contributed by atoms with Crippen LogP contribution in [-0.2, 0) is 0 Å². The molecule has 2 heterocycles. The minimum absolute atomic E-state index is 0.0296. The van der Waals surface area contributed by atoms with E-state index in [0.717, 1.165) is 22.8 Å². The average molecular weight is 314 g/mol. The standard InChI is InChI=1S/C14H22N2O2S2/c1-10-7-11(18-4)12(20-10)13(17)15-8-14(16(2)3)5-6-19-9-14/h7H,5-6,8-9H2,1-4H3,(H,15,17)/t14-/m1/s1. The van der Waals surface area contributed by atoms with Crippen LogP contribution >= 0.6 is 23.1 Å². The highest BCUT2D eigenvalue weighted by molar-refractivity contribution is 7.99. The topological polar surface area (TPSA) is 41.6 Å². The molecule has 0 bridgehead atoms. The van der Waals surface area contributed by atoms with E-state index in [2.05, 4.69) is 24.3 Å². The summed E-state index contributed by atoms with van der Waals surface area (Å²) in [5.74, 6) is 2.87. The number of amides is 1. The van der Waals surface area contributed by atoms with Crippen LogP contribution in [0.25, 0.3) is 0 Å². The van der Waals surface area contributed by atoms with Crippen LogP contribution in [-0.4, -0.2) is 55.6 Å². The Balaban J connectivity index is 2.04. The Kier molecular flexibility index (Phi) is 4.99. The normalized spacial score (nSPS) is 22.2. The lowest BCUT2D eigenvalue weighted by Gasteiger charge is -2.35. The van der Waals surface area contributed by atoms with Gasteiger partial charge in [0.1, 0.15) is 10.6 Å². The molecule has 4 nitrogen and oxygen atoms in total. The second-order valence-electron chi connectivity index (χ2n) is 5.36. The predicted octanol–water partition coefficient (Wildman–Crippen LogP) is 2.23. The largest absolute Gasteiger partial charge is 0.495 e. The summed E-state index contributed by atoms with van der Waals surface area (Å²) in [6.07, 6.45) is 1.12. The maximum atomic E-state index is 12.4. The second-order valence-corrected chi connectivity index (χ2v) is 7.72. The maximum Gasteiger partial charge on any atom is 0.265 e. The van der Waals surface area contributed by atoms with Gasteiger partial charge in [0.05, 0.1) is 7.11 Å². The first-order valence-electron chi connectivity index (χ1n) is 6.66. The molecule has 0 unspecified atom stereocenters. The van der Waals surface area contributed by atoms with Crippen LogP contribution < -0.4 is 10.1 Å². The van der Waals surface area contributed by atoms with E-state index in [1.165, 1.54) is 11.3 Å². The van der Waals surface area contributed by atoms with E-state index in [9.17, 15) is 4.79 Å². The molecule has 20 heavy (non-hydrogen) atoms. The Bertz CT molecular complexity index is 480. The van der Waals surface area contributed by atoms with Crippen LogP contribution in [0.2, 0.25) is 0 Å². The molecular weight excluding hydrogens is 292 g/mol. The number of methoxy groups -OCH3 is 1. The van der Waals surface area contributed by atoms with Gasteiger partial charge in [-0.1, -0.05) is 0 Å². The van der Waals surface area contributed by atoms with Gasteiger partial charge < -0.3 is 15.0 Å². The summed E-state index contributed by atoms with van der Waals surface area (Å²) < 4.78 is 5.27. The van der Waals surface area contributed by atoms with E-state index in [1.807, 2.05) is 24.8 Å². The average Bonchev–Trinajstić information content (AvgIpc) is 3.03. The summed E-state index contributed by atoms with van der Waals surface area (Å²) in [5.41, 5.74) is 0.0832. The van der Waals surface area contributed by atoms with Gasteiger partial charge in [0.2, 0.25) is 0 Å². The Morgan fingerprint density at radius 3 is 2.85 bits per heavy atom. The first-order valence-corrected chi connectivity index (χ1v) is 8.63. The van der Waals surface area contributed by atoms with Crippen LogP contribution in [0.1, 0.15) is 21.0 Å². The van der Waals surface area contributed by atoms with E-state index in [-0.39, 0.29) is 11.4 Å². The van der Waals surface area contributed by atoms with Crippen molar-refractivity contribution in [1.82, 2.24) is 10.2 Å². The molecule has 2 rings (SSSR count). The summed E-state index contributed by atoms with van der Waals surface area (Å²) in [5, 5.41) is 3.09. The van der Waals surface area contributed by atoms with Gasteiger partial charge >= 0.3 is 0 Å². The summed E-state index contributed by atoms with van der Waals surface area (Å²) >= 11 is 3.43. The van der Waals surface area contributed by atoms with Gasteiger partial charge in [-0.2, -0.15) is 11.8 Å². The summed E-state index contributed by atoms with van der Waals surface area (Å²) in [6.45, 7) is 2.67. The molecule has 112 valence electrons. The van der Waals surface area contributed by atoms with Gasteiger partial charge in [0, 0.05) is 22.7 Å². The van der Waals surface area contributed by atoms with Crippen molar-refractivity contribution in [3.05, 3.63) is 15.8 Å². The lowest BCUT2D eigenvalue weighted by atomic mass is 9.97. The molecule has 0 aliphatic carbocycles. The zero-order chi connectivity index (χ0) is 14.8. The van der Waals surface area contributed by atoms with Gasteiger partial charge in [0.15, 0.2) is 0 Å². The number of nitrogens with zero attached hydrogens (tertiary/aromatic N) is 1. The minimum Gasteiger partial charge on any atom is -0.495 e. The highest BCUT2D eigenvalue weighted by Gasteiger charge is 2.37. The van der Waals surface area contributed by atoms with E-state index >= 15 is 0 Å². The number of hydrogen-bond donors (Lipinski definition) is 1. The third-order valence-corrected chi connectivity index (χ3v) is 6.12. The van der Waals surface area contributed by atoms with Crippen molar-refractivity contribution >= 4 is 29.0 Å². The molecule has 1 aliphatic rings. The molecule has 1 N–H and O–H groups in total. The molecule has 1 aromatic rings. The van der Waals surface area contributed by atoms with Crippen molar-refractivity contribution in [2.75, 3.05) is 39.3 Å². The molecule has 0 saturated carbocycles. The van der Waals surface area contributed by atoms with Crippen molar-refractivity contribution in [2.24, 2.45) is 0 Å². The van der Waals surface area contributed by atoms with Gasteiger partial charge in [0.25, 0.3) is 5.91 Å². The van der Waals surface area contributed by atoms with Gasteiger partial charge in [-0.25, -0.2) is 0 Å². The number of thioether (sulfide) groups is 1. The number of ether oxygens (including phenoxy) is 1. The molecule has 1 fully saturated rings. The molecule has 1 amide bonds. The molecular formula is C14H22N2O2S2. The van der Waals surface area contributed by atoms with E-state index in [1.54, 1.807) is 7.11 Å². The molecule has 6 heteroatoms. The summed E-state index contributed by atoms with van der Waals surface area (Å²) in [6, 6.07) is 1.91. The zero-order valence-electron chi connectivity index (χ0n) is 12.5. The fourth-order valence-electron chi connectivity index (χ4n) is 2.37. The van der Waals surface area contributed by atoms with Crippen LogP contribution in [0.5, 0.6) is 5.75 Å². The highest BCUT2D eigenvalue weighted by Crippen LogP contribution is 2.32. The molecule has 0 radical (unpaired) electrons. The highest BCUT2D eigenvalue weighted by atomic mass is 32.2. The van der Waals surface area contributed by atoms with Gasteiger partial charge in [-0.05, 0) is 39.3 Å². The minimum atomic E-state index is -0.0296. The van der Waals surface area contributed by atoms with Crippen molar-refractivity contribution in [3.8, 4) is 5.75 Å². The molecule has 0 aromatic carbocycles. The van der Waals surface area contributed by atoms with E-state index in [0.29, 0.717) is 17.2 Å². The van der Waals surface area contributed by atoms with Crippen LogP contribution in [0, 0.1) is 6.92 Å². The number of thiophene rings is 1. The van der Waals surface area contributed by atoms with Gasteiger partial charge in [-0.15, -0.1) is 11.3 Å². The summed E-state index contributed by atoms with van der Waals surface area (Å²) in [4.78, 5) is 16.4. The SMILES string of the molecule is COc1cc(C)sc1C(=O)NC[C@]1(N(C)C)CCSC1. The second kappa shape index (κ2) is 6.37. The van der Waals surface area contributed by atoms with Crippen molar-refractivity contribution in [3.63, 3.8) is 0 Å². The number of aryl methyl sites for hydroxylation is 1. The Hall–Kier alpha value is -0.720. The predicted molar refractivity (Wildman–Crippen MR) is 86.3 cm³/mol. The van der Waals surface area contributed by atoms with Crippen LogP contribution in [0.15, 0.2) is 6.07 Å². The van der Waals surface area contributed by atoms with Crippen LogP contribution in [0.4, 0.5) is 0 Å². The first kappa shape index (κ1) is 15.7. The molecule has 1 atom stereocenters. The smallest absolute Gasteiger partial charge is 0.265 e. The Morgan fingerprint density at radius 1 is 1.55 bits per heavy atom. The fraction of sp³-hybridized carbons (Fsp3) is 0.643. The number of rotatable bonds is 5. The lowest BCUT2D eigenvalue weighted by Crippen LogP contribution is -2.52. The lowest BCUT2D eigenvalue weighted by molar-refractivity contribution is 0.0915. The van der Waals surface area contributed by atoms with Gasteiger partial charge in [-0.3, -0.25) is 4.79 Å². The van der Waals surface area contributed by atoms with Crippen LogP contribution in [0.3, 0.4) is 0 Å². The molecule has 1 saturated heterocycles. The Morgan fingerprint density at radius 2 is 2.30 bits per heavy atom. The molecule has 1 aliphatic heterocycles. The monoisotopic (exact) mass is 314 g/mol. The van der Waals surface area contributed by atoms with Crippen molar-refractivity contribution in [2.45, 2.75) is 18.9 Å². The van der Waals surface area contributed by atoms with E-state index in [4.69, 9.17) is 4.74 Å². The first-order chi connectivity index (χ1) is 9.48.